The molecule has 2 heterocycles. The van der Waals surface area contributed by atoms with E-state index in [0.717, 1.165) is 24.5 Å². The van der Waals surface area contributed by atoms with Crippen LogP contribution in [0.2, 0.25) is 0 Å². The number of amides is 1. The van der Waals surface area contributed by atoms with E-state index in [1.165, 1.54) is 12.6 Å². The molecule has 0 radical (unpaired) electrons. The Balaban J connectivity index is 0.00000112. The molecule has 0 bridgehead atoms. The highest BCUT2D eigenvalue weighted by atomic mass is 35.5. The van der Waals surface area contributed by atoms with Crippen molar-refractivity contribution in [1.29, 1.82) is 0 Å². The molecule has 1 fully saturated rings. The highest BCUT2D eigenvalue weighted by molar-refractivity contribution is 7.07. The zero-order valence-electron chi connectivity index (χ0n) is 8.10. The summed E-state index contributed by atoms with van der Waals surface area (Å²) in [5.41, 5.74) is 0. The van der Waals surface area contributed by atoms with Crippen molar-refractivity contribution in [3.05, 3.63) is 11.1 Å². The van der Waals surface area contributed by atoms with Gasteiger partial charge >= 0.3 is 0 Å². The quantitative estimate of drug-likeness (QED) is 0.815. The van der Waals surface area contributed by atoms with Crippen LogP contribution in [-0.4, -0.2) is 34.6 Å². The molecule has 1 aromatic rings. The Bertz CT molecular complexity index is 300. The second kappa shape index (κ2) is 5.99. The number of nitrogens with one attached hydrogen (secondary N) is 2. The highest BCUT2D eigenvalue weighted by Gasteiger charge is 2.15. The van der Waals surface area contributed by atoms with Gasteiger partial charge in [0.25, 0.3) is 5.91 Å². The van der Waals surface area contributed by atoms with Gasteiger partial charge in [-0.05, 0) is 30.9 Å². The average molecular weight is 249 g/mol. The van der Waals surface area contributed by atoms with Gasteiger partial charge in [0.2, 0.25) is 0 Å². The van der Waals surface area contributed by atoms with E-state index in [2.05, 4.69) is 20.2 Å². The normalized spacial score (nSPS) is 19.6. The van der Waals surface area contributed by atoms with E-state index in [4.69, 9.17) is 0 Å². The van der Waals surface area contributed by atoms with Gasteiger partial charge in [-0.2, -0.15) is 0 Å². The topological polar surface area (TPSA) is 66.9 Å². The highest BCUT2D eigenvalue weighted by Crippen LogP contribution is 2.05. The molecular weight excluding hydrogens is 236 g/mol. The van der Waals surface area contributed by atoms with Crippen molar-refractivity contribution < 1.29 is 4.79 Å². The zero-order chi connectivity index (χ0) is 9.80. The van der Waals surface area contributed by atoms with Crippen molar-refractivity contribution >= 4 is 29.8 Å². The molecule has 1 atom stereocenters. The van der Waals surface area contributed by atoms with Gasteiger partial charge < -0.3 is 10.6 Å². The van der Waals surface area contributed by atoms with Crippen molar-refractivity contribution in [3.63, 3.8) is 0 Å². The fraction of sp³-hybridized carbons (Fsp3) is 0.625. The van der Waals surface area contributed by atoms with Crippen LogP contribution in [0.1, 0.15) is 22.5 Å². The summed E-state index contributed by atoms with van der Waals surface area (Å²) < 4.78 is 3.64. The van der Waals surface area contributed by atoms with Gasteiger partial charge in [0.15, 0.2) is 0 Å². The maximum absolute atomic E-state index is 11.5. The van der Waals surface area contributed by atoms with Crippen LogP contribution in [-0.2, 0) is 0 Å². The summed E-state index contributed by atoms with van der Waals surface area (Å²) in [5.74, 6) is -0.0753. The molecule has 1 unspecified atom stereocenters. The lowest BCUT2D eigenvalue weighted by atomic mass is 10.2. The number of rotatable bonds is 3. The summed E-state index contributed by atoms with van der Waals surface area (Å²) in [7, 11) is 0. The molecule has 1 aliphatic heterocycles. The van der Waals surface area contributed by atoms with E-state index in [-0.39, 0.29) is 18.3 Å². The molecule has 1 amide bonds. The molecule has 0 aromatic carbocycles. The molecule has 0 aliphatic carbocycles. The second-order valence-electron chi connectivity index (χ2n) is 3.29. The first-order valence-corrected chi connectivity index (χ1v) is 5.42. The van der Waals surface area contributed by atoms with Gasteiger partial charge in [-0.1, -0.05) is 4.49 Å². The monoisotopic (exact) mass is 248 g/mol. The van der Waals surface area contributed by atoms with Crippen LogP contribution in [0.5, 0.6) is 0 Å². The van der Waals surface area contributed by atoms with E-state index < -0.39 is 0 Å². The first kappa shape index (κ1) is 12.4. The minimum atomic E-state index is -0.0753. The van der Waals surface area contributed by atoms with Crippen LogP contribution >= 0.6 is 23.9 Å². The van der Waals surface area contributed by atoms with Gasteiger partial charge in [0.1, 0.15) is 4.88 Å². The predicted molar refractivity (Wildman–Crippen MR) is 60.5 cm³/mol. The third kappa shape index (κ3) is 3.40. The Morgan fingerprint density at radius 2 is 2.60 bits per heavy atom. The Labute approximate surface area is 98.2 Å². The van der Waals surface area contributed by atoms with Crippen molar-refractivity contribution in [2.45, 2.75) is 18.9 Å². The fourth-order valence-corrected chi connectivity index (χ4v) is 1.93. The van der Waals surface area contributed by atoms with Gasteiger partial charge in [-0.25, -0.2) is 0 Å². The second-order valence-corrected chi connectivity index (χ2v) is 4.07. The van der Waals surface area contributed by atoms with Gasteiger partial charge in [0, 0.05) is 12.6 Å². The number of hydrogen-bond donors (Lipinski definition) is 2. The lowest BCUT2D eigenvalue weighted by molar-refractivity contribution is 0.0954. The summed E-state index contributed by atoms with van der Waals surface area (Å²) in [6, 6.07) is 0.430. The van der Waals surface area contributed by atoms with Gasteiger partial charge in [-0.3, -0.25) is 4.79 Å². The minimum Gasteiger partial charge on any atom is -0.350 e. The number of hydrogen-bond acceptors (Lipinski definition) is 5. The summed E-state index contributed by atoms with van der Waals surface area (Å²) in [6.07, 6.45) is 3.83. The molecule has 5 nitrogen and oxygen atoms in total. The lowest BCUT2D eigenvalue weighted by Crippen LogP contribution is -2.36. The van der Waals surface area contributed by atoms with Crippen LogP contribution < -0.4 is 10.6 Å². The molecule has 0 spiro atoms. The number of carbonyl (C=O) groups excluding carboxylic acids is 1. The molecule has 84 valence electrons. The Morgan fingerprint density at radius 3 is 3.20 bits per heavy atom. The largest absolute Gasteiger partial charge is 0.350 e. The predicted octanol–water partition coefficient (Wildman–Crippen LogP) is 0.442. The Hall–Kier alpha value is -0.720. The fourth-order valence-electron chi connectivity index (χ4n) is 1.50. The lowest BCUT2D eigenvalue weighted by Gasteiger charge is -2.09. The molecule has 0 saturated carbocycles. The maximum atomic E-state index is 11.5. The summed E-state index contributed by atoms with van der Waals surface area (Å²) in [6.45, 7) is 1.75. The van der Waals surface area contributed by atoms with E-state index in [1.54, 1.807) is 0 Å². The minimum absolute atomic E-state index is 0. The van der Waals surface area contributed by atoms with Crippen LogP contribution in [0.25, 0.3) is 0 Å². The van der Waals surface area contributed by atoms with Crippen LogP contribution in [0, 0.1) is 0 Å². The zero-order valence-corrected chi connectivity index (χ0v) is 9.74. The molecular formula is C8H13ClN4OS. The SMILES string of the molecule is Cl.O=C(NCC1CCCN1)c1cnns1. The first-order chi connectivity index (χ1) is 6.86. The van der Waals surface area contributed by atoms with Crippen LogP contribution in [0.3, 0.4) is 0 Å². The van der Waals surface area contributed by atoms with Crippen molar-refractivity contribution in [3.8, 4) is 0 Å². The van der Waals surface area contributed by atoms with E-state index in [9.17, 15) is 4.79 Å². The summed E-state index contributed by atoms with van der Waals surface area (Å²) in [5, 5.41) is 9.79. The summed E-state index contributed by atoms with van der Waals surface area (Å²) in [4.78, 5) is 12.0. The smallest absolute Gasteiger partial charge is 0.264 e. The van der Waals surface area contributed by atoms with Crippen LogP contribution in [0.4, 0.5) is 0 Å². The van der Waals surface area contributed by atoms with E-state index in [0.29, 0.717) is 17.5 Å². The summed E-state index contributed by atoms with van der Waals surface area (Å²) >= 11 is 1.12. The third-order valence-electron chi connectivity index (χ3n) is 2.26. The average Bonchev–Trinajstić information content (AvgIpc) is 2.87. The van der Waals surface area contributed by atoms with Gasteiger partial charge in [-0.15, -0.1) is 17.5 Å². The number of aromatic nitrogens is 2. The van der Waals surface area contributed by atoms with Crippen molar-refractivity contribution in [2.24, 2.45) is 0 Å². The first-order valence-electron chi connectivity index (χ1n) is 4.65. The van der Waals surface area contributed by atoms with E-state index >= 15 is 0 Å². The van der Waals surface area contributed by atoms with E-state index in [1.807, 2.05) is 0 Å². The van der Waals surface area contributed by atoms with Crippen molar-refractivity contribution in [1.82, 2.24) is 20.2 Å². The van der Waals surface area contributed by atoms with Crippen molar-refractivity contribution in [2.75, 3.05) is 13.1 Å². The maximum Gasteiger partial charge on any atom is 0.264 e. The molecule has 15 heavy (non-hydrogen) atoms. The van der Waals surface area contributed by atoms with Gasteiger partial charge in [0.05, 0.1) is 6.20 Å². The molecule has 2 N–H and O–H groups in total. The molecule has 7 heteroatoms. The molecule has 1 aromatic heterocycles. The number of nitrogens with zero attached hydrogens (tertiary/aromatic N) is 2. The molecule has 2 rings (SSSR count). The number of halogens is 1. The Kier molecular flexibility index (Phi) is 4.93. The van der Waals surface area contributed by atoms with Crippen LogP contribution in [0.15, 0.2) is 6.20 Å². The third-order valence-corrected chi connectivity index (χ3v) is 2.92. The standard InChI is InChI=1S/C8H12N4OS.ClH/c13-8(7-5-11-12-14-7)10-4-6-2-1-3-9-6;/h5-6,9H,1-4H2,(H,10,13);1H. The molecule has 1 saturated heterocycles. The molecule has 1 aliphatic rings. The number of carbonyl (C=O) groups is 1. The Morgan fingerprint density at radius 1 is 1.73 bits per heavy atom.